The van der Waals surface area contributed by atoms with E-state index in [-0.39, 0.29) is 12.2 Å². The summed E-state index contributed by atoms with van der Waals surface area (Å²) in [6.45, 7) is 8.25. The SMILES string of the molecule is CC(O)CCCC(C)(C)CCCC(C)O. The van der Waals surface area contributed by atoms with Crippen LogP contribution in [0.25, 0.3) is 0 Å². The molecular weight excluding hydrogens is 188 g/mol. The molecule has 0 radical (unpaired) electrons. The second-order valence-electron chi connectivity index (χ2n) is 5.65. The first-order chi connectivity index (χ1) is 6.83. The molecule has 2 atom stereocenters. The van der Waals surface area contributed by atoms with Crippen LogP contribution in [0.15, 0.2) is 0 Å². The predicted octanol–water partition coefficient (Wildman–Crippen LogP) is 3.11. The lowest BCUT2D eigenvalue weighted by atomic mass is 9.82. The van der Waals surface area contributed by atoms with E-state index in [2.05, 4.69) is 13.8 Å². The third-order valence-corrected chi connectivity index (χ3v) is 2.95. The van der Waals surface area contributed by atoms with E-state index in [9.17, 15) is 0 Å². The standard InChI is InChI=1S/C13H28O2/c1-11(14)7-5-9-13(3,4)10-6-8-12(2)15/h11-12,14-15H,5-10H2,1-4H3. The second kappa shape index (κ2) is 7.24. The normalized spacial score (nSPS) is 16.4. The van der Waals surface area contributed by atoms with E-state index in [0.717, 1.165) is 38.5 Å². The molecule has 2 N–H and O–H groups in total. The van der Waals surface area contributed by atoms with Crippen LogP contribution in [-0.4, -0.2) is 22.4 Å². The lowest BCUT2D eigenvalue weighted by Gasteiger charge is -2.25. The van der Waals surface area contributed by atoms with Crippen molar-refractivity contribution in [2.75, 3.05) is 0 Å². The van der Waals surface area contributed by atoms with Crippen LogP contribution in [0.5, 0.6) is 0 Å². The summed E-state index contributed by atoms with van der Waals surface area (Å²) in [7, 11) is 0. The van der Waals surface area contributed by atoms with Gasteiger partial charge in [0.1, 0.15) is 0 Å². The molecule has 0 spiro atoms. The van der Waals surface area contributed by atoms with Gasteiger partial charge in [-0.1, -0.05) is 26.7 Å². The maximum atomic E-state index is 9.17. The molecule has 0 aromatic heterocycles. The van der Waals surface area contributed by atoms with Gasteiger partial charge in [0.15, 0.2) is 0 Å². The highest BCUT2D eigenvalue weighted by atomic mass is 16.3. The molecule has 92 valence electrons. The molecule has 0 bridgehead atoms. The molecule has 0 heterocycles. The maximum Gasteiger partial charge on any atom is 0.0512 e. The topological polar surface area (TPSA) is 40.5 Å². The van der Waals surface area contributed by atoms with Crippen LogP contribution in [0, 0.1) is 5.41 Å². The van der Waals surface area contributed by atoms with Crippen molar-refractivity contribution in [1.82, 2.24) is 0 Å². The number of aliphatic hydroxyl groups excluding tert-OH is 2. The fourth-order valence-corrected chi connectivity index (χ4v) is 1.88. The zero-order valence-electron chi connectivity index (χ0n) is 10.8. The largest absolute Gasteiger partial charge is 0.393 e. The lowest BCUT2D eigenvalue weighted by Crippen LogP contribution is -2.13. The van der Waals surface area contributed by atoms with Gasteiger partial charge >= 0.3 is 0 Å². The van der Waals surface area contributed by atoms with Gasteiger partial charge in [-0.2, -0.15) is 0 Å². The van der Waals surface area contributed by atoms with E-state index < -0.39 is 0 Å². The zero-order valence-corrected chi connectivity index (χ0v) is 10.8. The van der Waals surface area contributed by atoms with Gasteiger partial charge in [-0.3, -0.25) is 0 Å². The molecule has 0 saturated heterocycles. The Morgan fingerprint density at radius 2 is 1.20 bits per heavy atom. The fourth-order valence-electron chi connectivity index (χ4n) is 1.88. The van der Waals surface area contributed by atoms with E-state index in [0.29, 0.717) is 5.41 Å². The minimum Gasteiger partial charge on any atom is -0.393 e. The summed E-state index contributed by atoms with van der Waals surface area (Å²) in [5.41, 5.74) is 0.351. The van der Waals surface area contributed by atoms with Crippen LogP contribution >= 0.6 is 0 Å². The van der Waals surface area contributed by atoms with Crippen LogP contribution < -0.4 is 0 Å². The number of rotatable bonds is 8. The summed E-state index contributed by atoms with van der Waals surface area (Å²) < 4.78 is 0. The summed E-state index contributed by atoms with van der Waals surface area (Å²) in [5, 5.41) is 18.3. The van der Waals surface area contributed by atoms with Crippen molar-refractivity contribution < 1.29 is 10.2 Å². The highest BCUT2D eigenvalue weighted by Crippen LogP contribution is 2.30. The Hall–Kier alpha value is -0.0800. The third kappa shape index (κ3) is 10.2. The van der Waals surface area contributed by atoms with Gasteiger partial charge in [-0.25, -0.2) is 0 Å². The first-order valence-corrected chi connectivity index (χ1v) is 6.19. The van der Waals surface area contributed by atoms with Gasteiger partial charge in [0.25, 0.3) is 0 Å². The van der Waals surface area contributed by atoms with E-state index >= 15 is 0 Å². The molecule has 0 aliphatic heterocycles. The van der Waals surface area contributed by atoms with Gasteiger partial charge in [-0.05, 0) is 44.9 Å². The minimum absolute atomic E-state index is 0.168. The van der Waals surface area contributed by atoms with Crippen molar-refractivity contribution in [3.05, 3.63) is 0 Å². The predicted molar refractivity (Wildman–Crippen MR) is 64.8 cm³/mol. The van der Waals surface area contributed by atoms with E-state index in [4.69, 9.17) is 10.2 Å². The molecule has 2 nitrogen and oxygen atoms in total. The van der Waals surface area contributed by atoms with E-state index in [1.165, 1.54) is 0 Å². The number of aliphatic hydroxyl groups is 2. The summed E-state index contributed by atoms with van der Waals surface area (Å²) in [5.74, 6) is 0. The van der Waals surface area contributed by atoms with Crippen LogP contribution in [-0.2, 0) is 0 Å². The quantitative estimate of drug-likeness (QED) is 0.654. The molecule has 0 aliphatic carbocycles. The molecule has 0 amide bonds. The fraction of sp³-hybridized carbons (Fsp3) is 1.00. The summed E-state index contributed by atoms with van der Waals surface area (Å²) in [6.07, 6.45) is 5.99. The summed E-state index contributed by atoms with van der Waals surface area (Å²) >= 11 is 0. The van der Waals surface area contributed by atoms with Crippen LogP contribution in [0.1, 0.15) is 66.2 Å². The van der Waals surface area contributed by atoms with Gasteiger partial charge in [0, 0.05) is 0 Å². The molecule has 2 unspecified atom stereocenters. The molecule has 0 fully saturated rings. The van der Waals surface area contributed by atoms with Crippen LogP contribution in [0.4, 0.5) is 0 Å². The Kier molecular flexibility index (Phi) is 7.20. The minimum atomic E-state index is -0.168. The Morgan fingerprint density at radius 1 is 0.867 bits per heavy atom. The smallest absolute Gasteiger partial charge is 0.0512 e. The molecule has 0 saturated carbocycles. The molecule has 0 rings (SSSR count). The molecule has 15 heavy (non-hydrogen) atoms. The van der Waals surface area contributed by atoms with Gasteiger partial charge in [-0.15, -0.1) is 0 Å². The highest BCUT2D eigenvalue weighted by molar-refractivity contribution is 4.69. The maximum absolute atomic E-state index is 9.17. The number of hydrogen-bond donors (Lipinski definition) is 2. The van der Waals surface area contributed by atoms with Crippen molar-refractivity contribution in [1.29, 1.82) is 0 Å². The van der Waals surface area contributed by atoms with Crippen molar-refractivity contribution >= 4 is 0 Å². The Labute approximate surface area is 94.7 Å². The molecule has 0 aliphatic rings. The van der Waals surface area contributed by atoms with Gasteiger partial charge in [0.2, 0.25) is 0 Å². The van der Waals surface area contributed by atoms with Crippen molar-refractivity contribution in [2.45, 2.75) is 78.4 Å². The molecule has 2 heteroatoms. The Morgan fingerprint density at radius 3 is 1.47 bits per heavy atom. The second-order valence-corrected chi connectivity index (χ2v) is 5.65. The first kappa shape index (κ1) is 14.9. The van der Waals surface area contributed by atoms with Gasteiger partial charge < -0.3 is 10.2 Å². The van der Waals surface area contributed by atoms with E-state index in [1.54, 1.807) is 0 Å². The third-order valence-electron chi connectivity index (χ3n) is 2.95. The monoisotopic (exact) mass is 216 g/mol. The van der Waals surface area contributed by atoms with E-state index in [1.807, 2.05) is 13.8 Å². The van der Waals surface area contributed by atoms with Crippen molar-refractivity contribution in [3.63, 3.8) is 0 Å². The number of hydrogen-bond acceptors (Lipinski definition) is 2. The van der Waals surface area contributed by atoms with Crippen molar-refractivity contribution in [2.24, 2.45) is 5.41 Å². The Bertz CT molecular complexity index is 135. The Balaban J connectivity index is 3.57. The zero-order chi connectivity index (χ0) is 11.9. The first-order valence-electron chi connectivity index (χ1n) is 6.19. The molecular formula is C13H28O2. The summed E-state index contributed by atoms with van der Waals surface area (Å²) in [6, 6.07) is 0. The highest BCUT2D eigenvalue weighted by Gasteiger charge is 2.17. The average molecular weight is 216 g/mol. The van der Waals surface area contributed by atoms with Crippen molar-refractivity contribution in [3.8, 4) is 0 Å². The average Bonchev–Trinajstić information content (AvgIpc) is 2.01. The van der Waals surface area contributed by atoms with Gasteiger partial charge in [0.05, 0.1) is 12.2 Å². The molecule has 0 aromatic rings. The lowest BCUT2D eigenvalue weighted by molar-refractivity contribution is 0.161. The van der Waals surface area contributed by atoms with Crippen LogP contribution in [0.3, 0.4) is 0 Å². The summed E-state index contributed by atoms with van der Waals surface area (Å²) in [4.78, 5) is 0. The molecule has 0 aromatic carbocycles. The van der Waals surface area contributed by atoms with Crippen LogP contribution in [0.2, 0.25) is 0 Å².